The molecule has 20 heavy (non-hydrogen) atoms. The summed E-state index contributed by atoms with van der Waals surface area (Å²) in [6, 6.07) is 5.51. The van der Waals surface area contributed by atoms with Crippen LogP contribution in [-0.2, 0) is 0 Å². The van der Waals surface area contributed by atoms with E-state index in [0.29, 0.717) is 6.04 Å². The third kappa shape index (κ3) is 5.39. The van der Waals surface area contributed by atoms with Gasteiger partial charge in [-0.05, 0) is 58.5 Å². The van der Waals surface area contributed by atoms with E-state index in [9.17, 15) is 4.79 Å². The van der Waals surface area contributed by atoms with Crippen LogP contribution in [0, 0.1) is 0 Å². The number of anilines is 1. The minimum atomic E-state index is -1.00. The maximum atomic E-state index is 10.8. The van der Waals surface area contributed by atoms with Crippen molar-refractivity contribution in [3.05, 3.63) is 28.8 Å². The van der Waals surface area contributed by atoms with Crippen LogP contribution in [0.2, 0.25) is 5.02 Å². The normalized spacial score (nSPS) is 11.1. The lowest BCUT2D eigenvalue weighted by Gasteiger charge is -2.20. The Labute approximate surface area is 125 Å². The molecular formula is C15H23ClN2O2. The molecule has 0 unspecified atom stereocenters. The topological polar surface area (TPSA) is 52.6 Å². The SMILES string of the molecule is CC(C)N(C)CCCCNc1ccc(C(=O)O)c(Cl)c1. The number of carboxylic acids is 1. The number of hydrogen-bond acceptors (Lipinski definition) is 3. The maximum absolute atomic E-state index is 10.8. The highest BCUT2D eigenvalue weighted by Gasteiger charge is 2.08. The maximum Gasteiger partial charge on any atom is 0.337 e. The van der Waals surface area contributed by atoms with Gasteiger partial charge in [-0.15, -0.1) is 0 Å². The average molecular weight is 299 g/mol. The summed E-state index contributed by atoms with van der Waals surface area (Å²) in [5.41, 5.74) is 0.994. The summed E-state index contributed by atoms with van der Waals surface area (Å²) in [5, 5.41) is 12.4. The number of aromatic carboxylic acids is 1. The van der Waals surface area contributed by atoms with Gasteiger partial charge in [0.2, 0.25) is 0 Å². The van der Waals surface area contributed by atoms with Crippen LogP contribution >= 0.6 is 11.6 Å². The molecule has 0 bridgehead atoms. The molecule has 0 spiro atoms. The zero-order chi connectivity index (χ0) is 15.1. The summed E-state index contributed by atoms with van der Waals surface area (Å²) in [6.45, 7) is 6.31. The van der Waals surface area contributed by atoms with E-state index in [2.05, 4.69) is 31.1 Å². The highest BCUT2D eigenvalue weighted by molar-refractivity contribution is 6.33. The molecule has 0 amide bonds. The first-order valence-electron chi connectivity index (χ1n) is 6.88. The number of nitrogens with one attached hydrogen (secondary N) is 1. The van der Waals surface area contributed by atoms with Crippen molar-refractivity contribution in [3.8, 4) is 0 Å². The fourth-order valence-electron chi connectivity index (χ4n) is 1.78. The Bertz CT molecular complexity index is 449. The van der Waals surface area contributed by atoms with Crippen LogP contribution in [0.25, 0.3) is 0 Å². The van der Waals surface area contributed by atoms with Gasteiger partial charge in [0, 0.05) is 18.3 Å². The smallest absolute Gasteiger partial charge is 0.337 e. The molecule has 4 nitrogen and oxygen atoms in total. The lowest BCUT2D eigenvalue weighted by atomic mass is 10.2. The molecular weight excluding hydrogens is 276 g/mol. The van der Waals surface area contributed by atoms with Crippen LogP contribution in [0.15, 0.2) is 18.2 Å². The van der Waals surface area contributed by atoms with E-state index in [1.54, 1.807) is 12.1 Å². The summed E-state index contributed by atoms with van der Waals surface area (Å²) in [5.74, 6) is -1.00. The van der Waals surface area contributed by atoms with Gasteiger partial charge in [0.25, 0.3) is 0 Å². The Morgan fingerprint density at radius 1 is 1.40 bits per heavy atom. The van der Waals surface area contributed by atoms with Crippen LogP contribution in [0.1, 0.15) is 37.0 Å². The van der Waals surface area contributed by atoms with Crippen LogP contribution in [0.3, 0.4) is 0 Å². The molecule has 0 saturated heterocycles. The minimum absolute atomic E-state index is 0.135. The second-order valence-corrected chi connectivity index (χ2v) is 5.62. The fourth-order valence-corrected chi connectivity index (χ4v) is 2.04. The lowest BCUT2D eigenvalue weighted by molar-refractivity contribution is 0.0697. The quantitative estimate of drug-likeness (QED) is 0.720. The third-order valence-electron chi connectivity index (χ3n) is 3.35. The van der Waals surface area contributed by atoms with E-state index in [4.69, 9.17) is 16.7 Å². The number of halogens is 1. The van der Waals surface area contributed by atoms with Crippen molar-refractivity contribution >= 4 is 23.3 Å². The Morgan fingerprint density at radius 3 is 2.65 bits per heavy atom. The molecule has 0 saturated carbocycles. The van der Waals surface area contributed by atoms with Gasteiger partial charge >= 0.3 is 5.97 Å². The number of rotatable bonds is 8. The van der Waals surface area contributed by atoms with E-state index in [0.717, 1.165) is 31.6 Å². The standard InChI is InChI=1S/C15H23ClN2O2/c1-11(2)18(3)9-5-4-8-17-12-6-7-13(15(19)20)14(16)10-12/h6-7,10-11,17H,4-5,8-9H2,1-3H3,(H,19,20). The van der Waals surface area contributed by atoms with Crippen LogP contribution in [-0.4, -0.2) is 42.2 Å². The van der Waals surface area contributed by atoms with Gasteiger partial charge in [-0.25, -0.2) is 4.79 Å². The van der Waals surface area contributed by atoms with E-state index in [1.807, 2.05) is 0 Å². The monoisotopic (exact) mass is 298 g/mol. The van der Waals surface area contributed by atoms with Gasteiger partial charge < -0.3 is 15.3 Å². The zero-order valence-electron chi connectivity index (χ0n) is 12.3. The average Bonchev–Trinajstić information content (AvgIpc) is 2.37. The zero-order valence-corrected chi connectivity index (χ0v) is 13.1. The van der Waals surface area contributed by atoms with Gasteiger partial charge in [-0.3, -0.25) is 0 Å². The highest BCUT2D eigenvalue weighted by atomic mass is 35.5. The molecule has 0 radical (unpaired) electrons. The van der Waals surface area contributed by atoms with Crippen molar-refractivity contribution in [2.24, 2.45) is 0 Å². The van der Waals surface area contributed by atoms with Crippen LogP contribution < -0.4 is 5.32 Å². The Balaban J connectivity index is 2.32. The number of hydrogen-bond donors (Lipinski definition) is 2. The number of carboxylic acid groups (broad SMARTS) is 1. The fraction of sp³-hybridized carbons (Fsp3) is 0.533. The van der Waals surface area contributed by atoms with E-state index >= 15 is 0 Å². The molecule has 1 aromatic rings. The number of carbonyl (C=O) groups is 1. The molecule has 1 rings (SSSR count). The van der Waals surface area contributed by atoms with E-state index < -0.39 is 5.97 Å². The van der Waals surface area contributed by atoms with Crippen molar-refractivity contribution in [2.75, 3.05) is 25.5 Å². The van der Waals surface area contributed by atoms with Crippen molar-refractivity contribution in [1.29, 1.82) is 0 Å². The van der Waals surface area contributed by atoms with Crippen molar-refractivity contribution < 1.29 is 9.90 Å². The van der Waals surface area contributed by atoms with Crippen molar-refractivity contribution in [2.45, 2.75) is 32.7 Å². The van der Waals surface area contributed by atoms with Crippen molar-refractivity contribution in [1.82, 2.24) is 4.90 Å². The first-order chi connectivity index (χ1) is 9.41. The number of benzene rings is 1. The summed E-state index contributed by atoms with van der Waals surface area (Å²) < 4.78 is 0. The Kier molecular flexibility index (Phi) is 6.82. The predicted octanol–water partition coefficient (Wildman–Crippen LogP) is 3.57. The van der Waals surface area contributed by atoms with Gasteiger partial charge in [-0.2, -0.15) is 0 Å². The summed E-state index contributed by atoms with van der Waals surface area (Å²) >= 11 is 5.91. The first kappa shape index (κ1) is 16.8. The molecule has 0 heterocycles. The number of nitrogens with zero attached hydrogens (tertiary/aromatic N) is 1. The van der Waals surface area contributed by atoms with Crippen LogP contribution in [0.5, 0.6) is 0 Å². The van der Waals surface area contributed by atoms with E-state index in [-0.39, 0.29) is 10.6 Å². The molecule has 112 valence electrons. The van der Waals surface area contributed by atoms with Gasteiger partial charge in [0.1, 0.15) is 0 Å². The van der Waals surface area contributed by atoms with Gasteiger partial charge in [0.15, 0.2) is 0 Å². The molecule has 0 aliphatic rings. The molecule has 0 aromatic heterocycles. The molecule has 0 atom stereocenters. The Hall–Kier alpha value is -1.26. The molecule has 0 aliphatic carbocycles. The van der Waals surface area contributed by atoms with Gasteiger partial charge in [-0.1, -0.05) is 11.6 Å². The second kappa shape index (κ2) is 8.12. The lowest BCUT2D eigenvalue weighted by Crippen LogP contribution is -2.27. The summed E-state index contributed by atoms with van der Waals surface area (Å²) in [4.78, 5) is 13.2. The predicted molar refractivity (Wildman–Crippen MR) is 83.9 cm³/mol. The summed E-state index contributed by atoms with van der Waals surface area (Å²) in [6.07, 6.45) is 2.19. The molecule has 5 heteroatoms. The number of unbranched alkanes of at least 4 members (excludes halogenated alkanes) is 1. The largest absolute Gasteiger partial charge is 0.478 e. The highest BCUT2D eigenvalue weighted by Crippen LogP contribution is 2.21. The van der Waals surface area contributed by atoms with Gasteiger partial charge in [0.05, 0.1) is 10.6 Å². The molecule has 0 aliphatic heterocycles. The van der Waals surface area contributed by atoms with E-state index in [1.165, 1.54) is 6.07 Å². The Morgan fingerprint density at radius 2 is 2.10 bits per heavy atom. The molecule has 0 fully saturated rings. The minimum Gasteiger partial charge on any atom is -0.478 e. The molecule has 2 N–H and O–H groups in total. The second-order valence-electron chi connectivity index (χ2n) is 5.21. The molecule has 1 aromatic carbocycles. The van der Waals surface area contributed by atoms with Crippen molar-refractivity contribution in [3.63, 3.8) is 0 Å². The third-order valence-corrected chi connectivity index (χ3v) is 3.66. The summed E-state index contributed by atoms with van der Waals surface area (Å²) in [7, 11) is 2.13. The first-order valence-corrected chi connectivity index (χ1v) is 7.26. The van der Waals surface area contributed by atoms with Crippen LogP contribution in [0.4, 0.5) is 5.69 Å².